The number of carbonyl (C=O) groups is 1. The summed E-state index contributed by atoms with van der Waals surface area (Å²) in [6.07, 6.45) is 4.39. The average molecular weight is 392 g/mol. The Labute approximate surface area is 168 Å². The first-order chi connectivity index (χ1) is 14.1. The van der Waals surface area contributed by atoms with Crippen molar-refractivity contribution < 1.29 is 13.9 Å². The first-order valence-corrected chi connectivity index (χ1v) is 9.92. The normalized spacial score (nSPS) is 14.1. The third kappa shape index (κ3) is 4.26. The van der Waals surface area contributed by atoms with Crippen molar-refractivity contribution in [3.8, 4) is 5.75 Å². The third-order valence-corrected chi connectivity index (χ3v) is 5.23. The molecular weight excluding hydrogens is 368 g/mol. The lowest BCUT2D eigenvalue weighted by Gasteiger charge is -2.18. The molecule has 1 heterocycles. The fraction of sp³-hybridized carbons (Fsp3) is 0.304. The largest absolute Gasteiger partial charge is 0.483 e. The van der Waals surface area contributed by atoms with Crippen molar-refractivity contribution in [2.75, 3.05) is 17.2 Å². The molecular formula is C23H24N2O4. The molecule has 0 unspecified atom stereocenters. The second-order valence-corrected chi connectivity index (χ2v) is 7.36. The summed E-state index contributed by atoms with van der Waals surface area (Å²) in [6, 6.07) is 15.1. The number of hydrogen-bond donors (Lipinski definition) is 2. The van der Waals surface area contributed by atoms with Crippen molar-refractivity contribution in [1.82, 2.24) is 0 Å². The summed E-state index contributed by atoms with van der Waals surface area (Å²) in [5.41, 5.74) is 1.61. The number of para-hydroxylation sites is 2. The van der Waals surface area contributed by atoms with Crippen LogP contribution in [0.15, 0.2) is 57.7 Å². The van der Waals surface area contributed by atoms with Crippen molar-refractivity contribution in [2.45, 2.75) is 38.6 Å². The quantitative estimate of drug-likeness (QED) is 0.605. The van der Waals surface area contributed by atoms with Gasteiger partial charge in [-0.25, -0.2) is 4.79 Å². The van der Waals surface area contributed by atoms with Crippen LogP contribution in [-0.4, -0.2) is 18.6 Å². The highest BCUT2D eigenvalue weighted by molar-refractivity contribution is 6.02. The standard InChI is InChI=1S/C23H24N2O4/c1-15-8-2-6-12-18(15)28-14-20(26)25-22-21(24-16-9-3-4-10-16)17-11-5-7-13-19(17)29-23(22)27/h2,5-8,11-13,16,24H,3-4,9-10,14H2,1H3,(H,25,26). The summed E-state index contributed by atoms with van der Waals surface area (Å²) in [7, 11) is 0. The van der Waals surface area contributed by atoms with Crippen LogP contribution in [0.3, 0.4) is 0 Å². The van der Waals surface area contributed by atoms with Crippen LogP contribution in [0, 0.1) is 6.92 Å². The number of hydrogen-bond acceptors (Lipinski definition) is 5. The Kier molecular flexibility index (Phi) is 5.51. The minimum atomic E-state index is -0.576. The first-order valence-electron chi connectivity index (χ1n) is 9.92. The predicted octanol–water partition coefficient (Wildman–Crippen LogP) is 4.47. The molecule has 0 saturated heterocycles. The van der Waals surface area contributed by atoms with Crippen LogP contribution < -0.4 is 21.0 Å². The molecule has 1 saturated carbocycles. The van der Waals surface area contributed by atoms with Gasteiger partial charge in [0.25, 0.3) is 5.91 Å². The Morgan fingerprint density at radius 2 is 1.79 bits per heavy atom. The molecule has 2 aromatic carbocycles. The fourth-order valence-corrected chi connectivity index (χ4v) is 3.72. The Morgan fingerprint density at radius 3 is 2.59 bits per heavy atom. The third-order valence-electron chi connectivity index (χ3n) is 5.23. The molecule has 1 amide bonds. The molecule has 0 radical (unpaired) electrons. The molecule has 0 atom stereocenters. The topological polar surface area (TPSA) is 80.6 Å². The van der Waals surface area contributed by atoms with E-state index >= 15 is 0 Å². The lowest BCUT2D eigenvalue weighted by molar-refractivity contribution is -0.118. The van der Waals surface area contributed by atoms with Crippen LogP contribution in [0.2, 0.25) is 0 Å². The smallest absolute Gasteiger partial charge is 0.362 e. The monoisotopic (exact) mass is 392 g/mol. The van der Waals surface area contributed by atoms with Crippen molar-refractivity contribution in [3.05, 3.63) is 64.5 Å². The van der Waals surface area contributed by atoms with Gasteiger partial charge in [-0.05, 0) is 43.5 Å². The van der Waals surface area contributed by atoms with Gasteiger partial charge >= 0.3 is 5.63 Å². The van der Waals surface area contributed by atoms with Gasteiger partial charge in [0.15, 0.2) is 12.3 Å². The van der Waals surface area contributed by atoms with Gasteiger partial charge in [0, 0.05) is 11.4 Å². The van der Waals surface area contributed by atoms with Gasteiger partial charge in [0.1, 0.15) is 11.3 Å². The lowest BCUT2D eigenvalue weighted by atomic mass is 10.1. The van der Waals surface area contributed by atoms with Gasteiger partial charge < -0.3 is 19.8 Å². The van der Waals surface area contributed by atoms with E-state index in [9.17, 15) is 9.59 Å². The summed E-state index contributed by atoms with van der Waals surface area (Å²) in [5.74, 6) is 0.225. The summed E-state index contributed by atoms with van der Waals surface area (Å²) >= 11 is 0. The van der Waals surface area contributed by atoms with Gasteiger partial charge in [-0.1, -0.05) is 43.2 Å². The van der Waals surface area contributed by atoms with Crippen LogP contribution in [0.1, 0.15) is 31.2 Å². The van der Waals surface area contributed by atoms with E-state index in [1.54, 1.807) is 12.1 Å². The van der Waals surface area contributed by atoms with E-state index < -0.39 is 11.5 Å². The number of carbonyl (C=O) groups excluding carboxylic acids is 1. The van der Waals surface area contributed by atoms with Crippen molar-refractivity contribution in [1.29, 1.82) is 0 Å². The Morgan fingerprint density at radius 1 is 1.07 bits per heavy atom. The van der Waals surface area contributed by atoms with Gasteiger partial charge in [-0.3, -0.25) is 4.79 Å². The number of rotatable bonds is 6. The highest BCUT2D eigenvalue weighted by Crippen LogP contribution is 2.32. The number of ether oxygens (including phenoxy) is 1. The molecule has 2 N–H and O–H groups in total. The molecule has 1 aliphatic carbocycles. The molecule has 150 valence electrons. The Hall–Kier alpha value is -3.28. The van der Waals surface area contributed by atoms with E-state index in [0.29, 0.717) is 17.0 Å². The van der Waals surface area contributed by atoms with Crippen molar-refractivity contribution >= 4 is 28.3 Å². The summed E-state index contributed by atoms with van der Waals surface area (Å²) in [5, 5.41) is 6.94. The van der Waals surface area contributed by atoms with E-state index in [4.69, 9.17) is 9.15 Å². The van der Waals surface area contributed by atoms with Gasteiger partial charge in [0.05, 0.1) is 5.69 Å². The molecule has 3 aromatic rings. The highest BCUT2D eigenvalue weighted by Gasteiger charge is 2.22. The van der Waals surface area contributed by atoms with E-state index in [1.807, 2.05) is 43.3 Å². The summed E-state index contributed by atoms with van der Waals surface area (Å²) in [4.78, 5) is 25.2. The van der Waals surface area contributed by atoms with E-state index in [1.165, 1.54) is 0 Å². The molecule has 0 spiro atoms. The second kappa shape index (κ2) is 8.39. The molecule has 1 aliphatic rings. The van der Waals surface area contributed by atoms with E-state index in [-0.39, 0.29) is 18.3 Å². The maximum atomic E-state index is 12.6. The van der Waals surface area contributed by atoms with Gasteiger partial charge in [-0.15, -0.1) is 0 Å². The molecule has 4 rings (SSSR count). The first kappa shape index (κ1) is 19.1. The zero-order valence-corrected chi connectivity index (χ0v) is 16.4. The van der Waals surface area contributed by atoms with Crippen molar-refractivity contribution in [3.63, 3.8) is 0 Å². The molecule has 6 nitrogen and oxygen atoms in total. The number of aryl methyl sites for hydroxylation is 1. The Balaban J connectivity index is 1.60. The van der Waals surface area contributed by atoms with Crippen LogP contribution >= 0.6 is 0 Å². The Bertz CT molecular complexity index is 1080. The SMILES string of the molecule is Cc1ccccc1OCC(=O)Nc1c(NC2CCCC2)c2ccccc2oc1=O. The number of benzene rings is 2. The second-order valence-electron chi connectivity index (χ2n) is 7.36. The molecule has 1 fully saturated rings. The number of nitrogens with one attached hydrogen (secondary N) is 2. The molecule has 1 aromatic heterocycles. The van der Waals surface area contributed by atoms with Crippen LogP contribution in [0.4, 0.5) is 11.4 Å². The maximum Gasteiger partial charge on any atom is 0.362 e. The molecule has 0 aliphatic heterocycles. The van der Waals surface area contributed by atoms with Crippen molar-refractivity contribution in [2.24, 2.45) is 0 Å². The fourth-order valence-electron chi connectivity index (χ4n) is 3.72. The average Bonchev–Trinajstić information content (AvgIpc) is 3.23. The summed E-state index contributed by atoms with van der Waals surface area (Å²) in [6.45, 7) is 1.72. The molecule has 29 heavy (non-hydrogen) atoms. The zero-order chi connectivity index (χ0) is 20.2. The molecule has 6 heteroatoms. The number of fused-ring (bicyclic) bond motifs is 1. The number of amides is 1. The zero-order valence-electron chi connectivity index (χ0n) is 16.4. The van der Waals surface area contributed by atoms with Crippen LogP contribution in [-0.2, 0) is 4.79 Å². The van der Waals surface area contributed by atoms with Crippen LogP contribution in [0.25, 0.3) is 11.0 Å². The summed E-state index contributed by atoms with van der Waals surface area (Å²) < 4.78 is 11.0. The lowest BCUT2D eigenvalue weighted by Crippen LogP contribution is -2.26. The minimum Gasteiger partial charge on any atom is -0.483 e. The number of anilines is 2. The van der Waals surface area contributed by atoms with Gasteiger partial charge in [-0.2, -0.15) is 0 Å². The highest BCUT2D eigenvalue weighted by atomic mass is 16.5. The van der Waals surface area contributed by atoms with Crippen LogP contribution in [0.5, 0.6) is 5.75 Å². The predicted molar refractivity (Wildman–Crippen MR) is 114 cm³/mol. The molecule has 0 bridgehead atoms. The minimum absolute atomic E-state index is 0.133. The van der Waals surface area contributed by atoms with Gasteiger partial charge in [0.2, 0.25) is 0 Å². The van der Waals surface area contributed by atoms with E-state index in [2.05, 4.69) is 10.6 Å². The van der Waals surface area contributed by atoms with E-state index in [0.717, 1.165) is 36.6 Å². The maximum absolute atomic E-state index is 12.6.